The molecule has 1 unspecified atom stereocenters. The molecule has 3 N–H and O–H groups in total. The summed E-state index contributed by atoms with van der Waals surface area (Å²) in [6, 6.07) is 3.37. The first-order valence-electron chi connectivity index (χ1n) is 9.35. The van der Waals surface area contributed by atoms with Gasteiger partial charge in [0, 0.05) is 12.0 Å². The number of aromatic amines is 1. The molecule has 170 valence electrons. The van der Waals surface area contributed by atoms with Crippen molar-refractivity contribution in [3.05, 3.63) is 85.6 Å². The van der Waals surface area contributed by atoms with Gasteiger partial charge in [0.15, 0.2) is 0 Å². The number of rotatable bonds is 4. The lowest BCUT2D eigenvalue weighted by Crippen LogP contribution is -2.52. The van der Waals surface area contributed by atoms with Gasteiger partial charge < -0.3 is 20.1 Å². The van der Waals surface area contributed by atoms with Gasteiger partial charge in [-0.1, -0.05) is 46.9 Å². The van der Waals surface area contributed by atoms with E-state index in [0.717, 1.165) is 17.0 Å². The fourth-order valence-electron chi connectivity index (χ4n) is 3.87. The molecule has 0 bridgehead atoms. The number of aromatic carboxylic acids is 1. The van der Waals surface area contributed by atoms with E-state index < -0.39 is 46.9 Å². The van der Waals surface area contributed by atoms with E-state index in [9.17, 15) is 24.6 Å². The summed E-state index contributed by atoms with van der Waals surface area (Å²) in [6.07, 6.45) is 1.11. The summed E-state index contributed by atoms with van der Waals surface area (Å²) in [7, 11) is 0. The van der Waals surface area contributed by atoms with Crippen LogP contribution in [0.5, 0.6) is 0 Å². The van der Waals surface area contributed by atoms with Gasteiger partial charge in [0.25, 0.3) is 5.91 Å². The van der Waals surface area contributed by atoms with Crippen LogP contribution in [0.25, 0.3) is 0 Å². The molecule has 0 saturated heterocycles. The van der Waals surface area contributed by atoms with E-state index in [1.807, 2.05) is 0 Å². The second-order valence-corrected chi connectivity index (χ2v) is 8.42. The minimum atomic E-state index is -1.49. The van der Waals surface area contributed by atoms with Crippen LogP contribution in [0.15, 0.2) is 36.7 Å². The minimum absolute atomic E-state index is 0.0933. The molecule has 1 aromatic heterocycles. The van der Waals surface area contributed by atoms with Crippen molar-refractivity contribution < 1.29 is 29.0 Å². The quantitative estimate of drug-likeness (QED) is 0.475. The van der Waals surface area contributed by atoms with Crippen molar-refractivity contribution >= 4 is 52.6 Å². The molecule has 0 saturated carbocycles. The number of nitrogens with one attached hydrogen (secondary N) is 1. The van der Waals surface area contributed by atoms with Crippen LogP contribution >= 0.6 is 34.8 Å². The lowest BCUT2D eigenvalue weighted by molar-refractivity contribution is -0.143. The molecule has 0 fully saturated rings. The van der Waals surface area contributed by atoms with Gasteiger partial charge in [-0.15, -0.1) is 0 Å². The van der Waals surface area contributed by atoms with Crippen molar-refractivity contribution in [2.24, 2.45) is 0 Å². The van der Waals surface area contributed by atoms with E-state index >= 15 is 4.39 Å². The molecule has 0 spiro atoms. The molecule has 2 atom stereocenters. The molecule has 1 aliphatic heterocycles. The van der Waals surface area contributed by atoms with Crippen molar-refractivity contribution in [3.8, 4) is 0 Å². The number of amides is 1. The number of carboxylic acid groups (broad SMARTS) is 2. The zero-order chi connectivity index (χ0) is 24.0. The molecule has 3 aromatic rings. The third-order valence-corrected chi connectivity index (χ3v) is 6.36. The molecule has 12 heteroatoms. The van der Waals surface area contributed by atoms with Crippen molar-refractivity contribution in [1.82, 2.24) is 14.9 Å². The Kier molecular flexibility index (Phi) is 6.04. The van der Waals surface area contributed by atoms with Crippen LogP contribution in [-0.2, 0) is 11.2 Å². The largest absolute Gasteiger partial charge is 0.480 e. The number of aromatic nitrogens is 2. The Morgan fingerprint density at radius 1 is 1.06 bits per heavy atom. The number of hydrogen-bond donors (Lipinski definition) is 3. The summed E-state index contributed by atoms with van der Waals surface area (Å²) in [5.74, 6) is -4.72. The average Bonchev–Trinajstić information content (AvgIpc) is 3.24. The van der Waals surface area contributed by atoms with Gasteiger partial charge in [0.1, 0.15) is 17.9 Å². The highest BCUT2D eigenvalue weighted by Gasteiger charge is 2.45. The fraction of sp³-hybridized carbons (Fsp3) is 0.143. The third kappa shape index (κ3) is 3.92. The van der Waals surface area contributed by atoms with E-state index in [0.29, 0.717) is 5.69 Å². The molecule has 2 heterocycles. The van der Waals surface area contributed by atoms with Crippen LogP contribution in [0.2, 0.25) is 15.1 Å². The van der Waals surface area contributed by atoms with Crippen LogP contribution in [0.1, 0.15) is 43.7 Å². The summed E-state index contributed by atoms with van der Waals surface area (Å²) in [5.41, 5.74) is -0.385. The number of benzene rings is 2. The Hall–Kier alpha value is -3.14. The highest BCUT2D eigenvalue weighted by Crippen LogP contribution is 2.40. The van der Waals surface area contributed by atoms with Crippen molar-refractivity contribution in [1.29, 1.82) is 0 Å². The maximum atomic E-state index is 15.1. The number of halogens is 4. The number of carboxylic acids is 2. The molecule has 1 amide bonds. The lowest BCUT2D eigenvalue weighted by Gasteiger charge is -2.40. The molecule has 33 heavy (non-hydrogen) atoms. The number of carbonyl (C=O) groups excluding carboxylic acids is 1. The zero-order valence-electron chi connectivity index (χ0n) is 16.4. The Balaban J connectivity index is 1.98. The number of aliphatic carboxylic acids is 1. The maximum Gasteiger partial charge on any atom is 0.336 e. The number of nitrogens with zero attached hydrogens (tertiary/aromatic N) is 2. The highest BCUT2D eigenvalue weighted by atomic mass is 35.5. The maximum absolute atomic E-state index is 15.1. The fourth-order valence-corrected chi connectivity index (χ4v) is 4.38. The summed E-state index contributed by atoms with van der Waals surface area (Å²) < 4.78 is 15.1. The highest BCUT2D eigenvalue weighted by molar-refractivity contribution is 6.42. The predicted molar refractivity (Wildman–Crippen MR) is 117 cm³/mol. The molecule has 4 rings (SSSR count). The summed E-state index contributed by atoms with van der Waals surface area (Å²) in [6.45, 7) is 0. The van der Waals surface area contributed by atoms with Crippen molar-refractivity contribution in [3.63, 3.8) is 0 Å². The zero-order valence-corrected chi connectivity index (χ0v) is 18.6. The summed E-state index contributed by atoms with van der Waals surface area (Å²) in [5, 5.41) is 19.1. The molecule has 2 aromatic carbocycles. The summed E-state index contributed by atoms with van der Waals surface area (Å²) >= 11 is 17.9. The Morgan fingerprint density at radius 3 is 2.36 bits per heavy atom. The monoisotopic (exact) mass is 511 g/mol. The van der Waals surface area contributed by atoms with Gasteiger partial charge in [0.05, 0.1) is 43.9 Å². The van der Waals surface area contributed by atoms with Crippen molar-refractivity contribution in [2.45, 2.75) is 18.5 Å². The first-order valence-corrected chi connectivity index (χ1v) is 10.5. The number of hydrogen-bond acceptors (Lipinski definition) is 4. The average molecular weight is 513 g/mol. The van der Waals surface area contributed by atoms with Gasteiger partial charge in [-0.2, -0.15) is 0 Å². The lowest BCUT2D eigenvalue weighted by atomic mass is 9.89. The summed E-state index contributed by atoms with van der Waals surface area (Å²) in [4.78, 5) is 45.6. The van der Waals surface area contributed by atoms with Crippen LogP contribution in [0, 0.1) is 5.82 Å². The van der Waals surface area contributed by atoms with Gasteiger partial charge in [0.2, 0.25) is 0 Å². The SMILES string of the molecule is O=C(O)c1cc(Cl)c(Cl)cc1C(=O)N1C(c2cccc(Cl)c2F)c2[nH]cnc2C[C@@H]1C(=O)O. The molecular weight excluding hydrogens is 500 g/mol. The Bertz CT molecular complexity index is 1310. The van der Waals surface area contributed by atoms with Crippen LogP contribution < -0.4 is 0 Å². The van der Waals surface area contributed by atoms with E-state index in [-0.39, 0.29) is 32.7 Å². The molecule has 1 aliphatic rings. The molecule has 0 radical (unpaired) electrons. The molecule has 0 aliphatic carbocycles. The Labute approximate surface area is 200 Å². The standard InChI is InChI=1S/C21H13Cl3FN3O5/c22-11-3-1-2-8(16(11)25)18-17-14(26-7-27-17)6-15(21(32)33)28(18)19(29)9-4-12(23)13(24)5-10(9)20(30)31/h1-5,7,15,18H,6H2,(H,26,27)(H,30,31)(H,32,33)/t15-,18?/m1/s1. The topological polar surface area (TPSA) is 124 Å². The van der Waals surface area contributed by atoms with Gasteiger partial charge in [-0.05, 0) is 18.2 Å². The number of fused-ring (bicyclic) bond motifs is 1. The number of carbonyl (C=O) groups is 3. The first kappa shape index (κ1) is 23.0. The Morgan fingerprint density at radius 2 is 1.73 bits per heavy atom. The minimum Gasteiger partial charge on any atom is -0.480 e. The van der Waals surface area contributed by atoms with E-state index in [1.54, 1.807) is 0 Å². The normalized spacial score (nSPS) is 17.5. The smallest absolute Gasteiger partial charge is 0.336 e. The van der Waals surface area contributed by atoms with E-state index in [2.05, 4.69) is 9.97 Å². The second-order valence-electron chi connectivity index (χ2n) is 7.20. The van der Waals surface area contributed by atoms with Crippen LogP contribution in [0.3, 0.4) is 0 Å². The van der Waals surface area contributed by atoms with Gasteiger partial charge >= 0.3 is 11.9 Å². The molecular formula is C21H13Cl3FN3O5. The van der Waals surface area contributed by atoms with Gasteiger partial charge in [-0.25, -0.2) is 19.0 Å². The second kappa shape index (κ2) is 8.66. The predicted octanol–water partition coefficient (Wildman–Crippen LogP) is 4.45. The third-order valence-electron chi connectivity index (χ3n) is 5.34. The van der Waals surface area contributed by atoms with E-state index in [4.69, 9.17) is 34.8 Å². The van der Waals surface area contributed by atoms with Crippen molar-refractivity contribution in [2.75, 3.05) is 0 Å². The number of H-pyrrole nitrogens is 1. The molecule has 8 nitrogen and oxygen atoms in total. The van der Waals surface area contributed by atoms with Crippen LogP contribution in [0.4, 0.5) is 4.39 Å². The number of imidazole rings is 1. The van der Waals surface area contributed by atoms with Crippen LogP contribution in [-0.4, -0.2) is 49.0 Å². The first-order chi connectivity index (χ1) is 15.6. The van der Waals surface area contributed by atoms with E-state index in [1.165, 1.54) is 24.5 Å². The van der Waals surface area contributed by atoms with Gasteiger partial charge in [-0.3, -0.25) is 4.79 Å².